The minimum absolute atomic E-state index is 0.0618. The van der Waals surface area contributed by atoms with Crippen LogP contribution in [0.3, 0.4) is 0 Å². The van der Waals surface area contributed by atoms with Gasteiger partial charge in [0.2, 0.25) is 15.9 Å². The molecule has 2 heterocycles. The second-order valence-electron chi connectivity index (χ2n) is 8.07. The van der Waals surface area contributed by atoms with Crippen LogP contribution in [0.25, 0.3) is 0 Å². The van der Waals surface area contributed by atoms with Gasteiger partial charge in [-0.25, -0.2) is 12.7 Å². The molecule has 29 heavy (non-hydrogen) atoms. The summed E-state index contributed by atoms with van der Waals surface area (Å²) in [6.07, 6.45) is 6.00. The molecule has 0 bridgehead atoms. The molecule has 1 aromatic carbocycles. The molecule has 0 unspecified atom stereocenters. The van der Waals surface area contributed by atoms with Crippen molar-refractivity contribution in [2.45, 2.75) is 44.3 Å². The number of nitrogens with zero attached hydrogens (tertiary/aromatic N) is 2. The van der Waals surface area contributed by atoms with E-state index < -0.39 is 10.0 Å². The number of hydrogen-bond acceptors (Lipinski definition) is 4. The first-order valence-electron chi connectivity index (χ1n) is 10.7. The van der Waals surface area contributed by atoms with Gasteiger partial charge < -0.3 is 10.2 Å². The van der Waals surface area contributed by atoms with E-state index in [0.717, 1.165) is 13.0 Å². The van der Waals surface area contributed by atoms with E-state index in [9.17, 15) is 13.2 Å². The number of amides is 1. The third kappa shape index (κ3) is 6.67. The summed E-state index contributed by atoms with van der Waals surface area (Å²) in [7, 11) is -3.43. The molecule has 2 aliphatic heterocycles. The molecule has 6 nitrogen and oxygen atoms in total. The van der Waals surface area contributed by atoms with Crippen molar-refractivity contribution in [3.63, 3.8) is 0 Å². The van der Waals surface area contributed by atoms with E-state index in [0.29, 0.717) is 43.1 Å². The predicted molar refractivity (Wildman–Crippen MR) is 116 cm³/mol. The zero-order chi connectivity index (χ0) is 20.7. The molecule has 2 aliphatic rings. The minimum Gasteiger partial charge on any atom is -0.356 e. The van der Waals surface area contributed by atoms with Gasteiger partial charge in [-0.3, -0.25) is 4.79 Å². The Kier molecular flexibility index (Phi) is 8.35. The molecule has 1 aromatic rings. The van der Waals surface area contributed by atoms with Crippen molar-refractivity contribution in [1.82, 2.24) is 14.5 Å². The summed E-state index contributed by atoms with van der Waals surface area (Å²) in [5.74, 6) is -0.136. The first-order valence-corrected chi connectivity index (χ1v) is 12.7. The summed E-state index contributed by atoms with van der Waals surface area (Å²) in [5, 5.41) is 3.51. The third-order valence-electron chi connectivity index (χ3n) is 5.91. The normalized spacial score (nSPS) is 19.9. The summed E-state index contributed by atoms with van der Waals surface area (Å²) in [6.45, 7) is 4.86. The molecule has 3 rings (SSSR count). The van der Waals surface area contributed by atoms with Crippen molar-refractivity contribution in [2.75, 3.05) is 39.3 Å². The maximum Gasteiger partial charge on any atom is 0.223 e. The lowest BCUT2D eigenvalue weighted by molar-refractivity contribution is -0.126. The average molecular weight is 442 g/mol. The van der Waals surface area contributed by atoms with E-state index in [1.54, 1.807) is 24.3 Å². The third-order valence-corrected chi connectivity index (χ3v) is 8.11. The van der Waals surface area contributed by atoms with Gasteiger partial charge in [0.15, 0.2) is 0 Å². The number of rotatable bonds is 8. The summed E-state index contributed by atoms with van der Waals surface area (Å²) in [4.78, 5) is 14.9. The molecule has 0 spiro atoms. The van der Waals surface area contributed by atoms with E-state index >= 15 is 0 Å². The molecule has 1 amide bonds. The monoisotopic (exact) mass is 441 g/mol. The lowest BCUT2D eigenvalue weighted by atomic mass is 9.97. The molecule has 2 saturated heterocycles. The molecule has 8 heteroatoms. The van der Waals surface area contributed by atoms with Crippen LogP contribution in [0.5, 0.6) is 0 Å². The van der Waals surface area contributed by atoms with Gasteiger partial charge in [0.1, 0.15) is 0 Å². The lowest BCUT2D eigenvalue weighted by Crippen LogP contribution is -2.43. The number of hydrogen-bond donors (Lipinski definition) is 1. The second-order valence-corrected chi connectivity index (χ2v) is 10.4. The van der Waals surface area contributed by atoms with E-state index in [1.165, 1.54) is 36.7 Å². The van der Waals surface area contributed by atoms with Crippen molar-refractivity contribution in [3.8, 4) is 0 Å². The summed E-state index contributed by atoms with van der Waals surface area (Å²) in [6, 6.07) is 7.02. The second kappa shape index (κ2) is 10.8. The smallest absolute Gasteiger partial charge is 0.223 e. The molecule has 0 aromatic heterocycles. The number of benzene rings is 1. The van der Waals surface area contributed by atoms with Gasteiger partial charge in [-0.15, -0.1) is 0 Å². The van der Waals surface area contributed by atoms with Gasteiger partial charge in [-0.2, -0.15) is 0 Å². The Morgan fingerprint density at radius 1 is 1.07 bits per heavy atom. The molecule has 0 atom stereocenters. The highest BCUT2D eigenvalue weighted by Gasteiger charge is 2.31. The minimum atomic E-state index is -3.43. The molecular weight excluding hydrogens is 410 g/mol. The number of sulfonamides is 1. The highest BCUT2D eigenvalue weighted by molar-refractivity contribution is 7.88. The quantitative estimate of drug-likeness (QED) is 0.630. The fourth-order valence-electron chi connectivity index (χ4n) is 4.14. The molecule has 0 radical (unpaired) electrons. The van der Waals surface area contributed by atoms with Crippen molar-refractivity contribution < 1.29 is 13.2 Å². The fourth-order valence-corrected chi connectivity index (χ4v) is 6.02. The van der Waals surface area contributed by atoms with Crippen molar-refractivity contribution in [2.24, 2.45) is 5.92 Å². The Bertz CT molecular complexity index is 773. The van der Waals surface area contributed by atoms with E-state index in [-0.39, 0.29) is 17.6 Å². The summed E-state index contributed by atoms with van der Waals surface area (Å²) < 4.78 is 26.9. The van der Waals surface area contributed by atoms with Crippen molar-refractivity contribution in [1.29, 1.82) is 0 Å². The first kappa shape index (κ1) is 22.5. The van der Waals surface area contributed by atoms with Crippen molar-refractivity contribution in [3.05, 3.63) is 34.9 Å². The Morgan fingerprint density at radius 3 is 2.45 bits per heavy atom. The maximum absolute atomic E-state index is 12.7. The van der Waals surface area contributed by atoms with Crippen LogP contribution in [0.1, 0.15) is 44.1 Å². The Labute approximate surface area is 179 Å². The van der Waals surface area contributed by atoms with Crippen LogP contribution >= 0.6 is 11.6 Å². The van der Waals surface area contributed by atoms with Crippen LogP contribution < -0.4 is 5.32 Å². The number of piperidine rings is 2. The van der Waals surface area contributed by atoms with Gasteiger partial charge in [0.25, 0.3) is 0 Å². The number of halogens is 1. The standard InChI is InChI=1S/C21H32ClN3O3S/c22-20-8-3-2-7-19(20)17-29(27,28)25-15-9-18(10-16-25)21(26)23-11-6-14-24-12-4-1-5-13-24/h2-3,7-8,18H,1,4-6,9-17H2,(H,23,26). The van der Waals surface area contributed by atoms with Crippen LogP contribution in [-0.4, -0.2) is 62.8 Å². The van der Waals surface area contributed by atoms with E-state index in [4.69, 9.17) is 11.6 Å². The molecule has 1 N–H and O–H groups in total. The Hall–Kier alpha value is -1.15. The molecule has 2 fully saturated rings. The Morgan fingerprint density at radius 2 is 1.76 bits per heavy atom. The van der Waals surface area contributed by atoms with Crippen LogP contribution in [0.2, 0.25) is 5.02 Å². The summed E-state index contributed by atoms with van der Waals surface area (Å²) >= 11 is 6.11. The molecule has 162 valence electrons. The van der Waals surface area contributed by atoms with Crippen LogP contribution in [0, 0.1) is 5.92 Å². The van der Waals surface area contributed by atoms with E-state index in [1.807, 2.05) is 0 Å². The highest BCUT2D eigenvalue weighted by Crippen LogP contribution is 2.24. The zero-order valence-electron chi connectivity index (χ0n) is 17.0. The van der Waals surface area contributed by atoms with Gasteiger partial charge in [-0.05, 0) is 63.4 Å². The number of carbonyl (C=O) groups excluding carboxylic acids is 1. The van der Waals surface area contributed by atoms with Gasteiger partial charge in [-0.1, -0.05) is 36.2 Å². The van der Waals surface area contributed by atoms with Gasteiger partial charge in [0, 0.05) is 30.6 Å². The average Bonchev–Trinajstić information content (AvgIpc) is 2.73. The molecular formula is C21H32ClN3O3S. The van der Waals surface area contributed by atoms with Gasteiger partial charge >= 0.3 is 0 Å². The molecule has 0 aliphatic carbocycles. The van der Waals surface area contributed by atoms with Crippen molar-refractivity contribution >= 4 is 27.5 Å². The number of carbonyl (C=O) groups is 1. The van der Waals surface area contributed by atoms with Gasteiger partial charge in [0.05, 0.1) is 5.75 Å². The maximum atomic E-state index is 12.7. The van der Waals surface area contributed by atoms with Crippen LogP contribution in [0.4, 0.5) is 0 Å². The van der Waals surface area contributed by atoms with E-state index in [2.05, 4.69) is 10.2 Å². The lowest BCUT2D eigenvalue weighted by Gasteiger charge is -2.31. The number of likely N-dealkylation sites (tertiary alicyclic amines) is 1. The zero-order valence-corrected chi connectivity index (χ0v) is 18.6. The predicted octanol–water partition coefficient (Wildman–Crippen LogP) is 2.87. The number of nitrogens with one attached hydrogen (secondary N) is 1. The topological polar surface area (TPSA) is 69.7 Å². The first-order chi connectivity index (χ1) is 14.0. The Balaban J connectivity index is 1.38. The largest absolute Gasteiger partial charge is 0.356 e. The summed E-state index contributed by atoms with van der Waals surface area (Å²) in [5.41, 5.74) is 0.614. The fraction of sp³-hybridized carbons (Fsp3) is 0.667. The molecule has 0 saturated carbocycles. The van der Waals surface area contributed by atoms with Crippen LogP contribution in [0.15, 0.2) is 24.3 Å². The highest BCUT2D eigenvalue weighted by atomic mass is 35.5. The SMILES string of the molecule is O=C(NCCCN1CCCCC1)C1CCN(S(=O)(=O)Cc2ccccc2Cl)CC1. The van der Waals surface area contributed by atoms with Crippen LogP contribution in [-0.2, 0) is 20.6 Å².